The van der Waals surface area contributed by atoms with E-state index in [0.29, 0.717) is 18.8 Å². The lowest BCUT2D eigenvalue weighted by molar-refractivity contribution is -0.384. The number of hydrogen-bond acceptors (Lipinski definition) is 6. The molecule has 1 atom stereocenters. The monoisotopic (exact) mass is 308 g/mol. The second kappa shape index (κ2) is 6.85. The van der Waals surface area contributed by atoms with Crippen molar-refractivity contribution in [3.05, 3.63) is 28.3 Å². The van der Waals surface area contributed by atoms with E-state index in [1.165, 1.54) is 25.3 Å². The smallest absolute Gasteiger partial charge is 0.273 e. The van der Waals surface area contributed by atoms with Crippen LogP contribution in [0.4, 0.5) is 11.4 Å². The first kappa shape index (κ1) is 15.7. The van der Waals surface area contributed by atoms with Gasteiger partial charge in [-0.25, -0.2) is 0 Å². The summed E-state index contributed by atoms with van der Waals surface area (Å²) < 4.78 is 5.03. The molecule has 0 radical (unpaired) electrons. The van der Waals surface area contributed by atoms with Crippen molar-refractivity contribution in [3.8, 4) is 5.75 Å². The van der Waals surface area contributed by atoms with Crippen molar-refractivity contribution < 1.29 is 19.2 Å². The van der Waals surface area contributed by atoms with E-state index in [1.807, 2.05) is 0 Å². The van der Waals surface area contributed by atoms with Crippen molar-refractivity contribution in [3.63, 3.8) is 0 Å². The van der Waals surface area contributed by atoms with Gasteiger partial charge in [0, 0.05) is 19.2 Å². The summed E-state index contributed by atoms with van der Waals surface area (Å²) in [6.45, 7) is 1.14. The lowest BCUT2D eigenvalue weighted by Crippen LogP contribution is -2.53. The van der Waals surface area contributed by atoms with Gasteiger partial charge in [-0.1, -0.05) is 0 Å². The summed E-state index contributed by atoms with van der Waals surface area (Å²) in [4.78, 5) is 33.7. The van der Waals surface area contributed by atoms with Crippen LogP contribution in [0.5, 0.6) is 5.75 Å². The number of ether oxygens (including phenoxy) is 1. The number of carbonyl (C=O) groups is 2. The Hall–Kier alpha value is -2.68. The van der Waals surface area contributed by atoms with Gasteiger partial charge < -0.3 is 20.7 Å². The highest BCUT2D eigenvalue weighted by Crippen LogP contribution is 2.29. The van der Waals surface area contributed by atoms with Crippen LogP contribution in [0.3, 0.4) is 0 Å². The number of nitrogens with zero attached hydrogens (tertiary/aromatic N) is 1. The summed E-state index contributed by atoms with van der Waals surface area (Å²) in [5, 5.41) is 18.9. The van der Waals surface area contributed by atoms with Crippen LogP contribution in [0, 0.1) is 10.1 Å². The van der Waals surface area contributed by atoms with Crippen LogP contribution in [-0.2, 0) is 9.59 Å². The van der Waals surface area contributed by atoms with Gasteiger partial charge in [0.2, 0.25) is 11.8 Å². The number of hydrogen-bond donors (Lipinski definition) is 3. The molecule has 0 aliphatic carbocycles. The number of benzene rings is 1. The summed E-state index contributed by atoms with van der Waals surface area (Å²) in [5.74, 6) is -0.428. The Bertz CT molecular complexity index is 604. The maximum Gasteiger partial charge on any atom is 0.273 e. The second-order valence-electron chi connectivity index (χ2n) is 4.69. The largest absolute Gasteiger partial charge is 0.494 e. The zero-order valence-corrected chi connectivity index (χ0v) is 11.9. The molecule has 1 aliphatic rings. The minimum atomic E-state index is -0.585. The van der Waals surface area contributed by atoms with E-state index >= 15 is 0 Å². The Balaban J connectivity index is 2.04. The van der Waals surface area contributed by atoms with E-state index < -0.39 is 11.0 Å². The standard InChI is InChI=1S/C13H16N4O5/c1-22-11-6-8(17(20)21)2-3-9(11)16-12(18)7-10-13(19)15-5-4-14-10/h2-3,6,10,14H,4-5,7H2,1H3,(H,15,19)(H,16,18). The third-order valence-corrected chi connectivity index (χ3v) is 3.19. The van der Waals surface area contributed by atoms with Crippen LogP contribution >= 0.6 is 0 Å². The molecule has 9 heteroatoms. The fourth-order valence-corrected chi connectivity index (χ4v) is 2.10. The van der Waals surface area contributed by atoms with Crippen molar-refractivity contribution >= 4 is 23.2 Å². The van der Waals surface area contributed by atoms with E-state index in [0.717, 1.165) is 0 Å². The molecule has 1 saturated heterocycles. The third kappa shape index (κ3) is 3.70. The second-order valence-corrected chi connectivity index (χ2v) is 4.69. The van der Waals surface area contributed by atoms with Crippen LogP contribution in [0.25, 0.3) is 0 Å². The molecule has 0 bridgehead atoms. The topological polar surface area (TPSA) is 123 Å². The number of nitro groups is 1. The molecule has 2 rings (SSSR count). The summed E-state index contributed by atoms with van der Waals surface area (Å²) in [7, 11) is 1.35. The number of nitro benzene ring substituents is 1. The molecule has 118 valence electrons. The van der Waals surface area contributed by atoms with Crippen molar-refractivity contribution in [2.75, 3.05) is 25.5 Å². The fraction of sp³-hybridized carbons (Fsp3) is 0.385. The van der Waals surface area contributed by atoms with E-state index in [2.05, 4.69) is 16.0 Å². The highest BCUT2D eigenvalue weighted by atomic mass is 16.6. The summed E-state index contributed by atoms with van der Waals surface area (Å²) in [6, 6.07) is 3.30. The first-order chi connectivity index (χ1) is 10.5. The molecule has 1 heterocycles. The van der Waals surface area contributed by atoms with Crippen molar-refractivity contribution in [2.24, 2.45) is 0 Å². The molecule has 1 unspecified atom stereocenters. The summed E-state index contributed by atoms with van der Waals surface area (Å²) in [6.07, 6.45) is -0.0357. The van der Waals surface area contributed by atoms with Crippen molar-refractivity contribution in [2.45, 2.75) is 12.5 Å². The van der Waals surface area contributed by atoms with Gasteiger partial charge in [0.15, 0.2) is 0 Å². The number of methoxy groups -OCH3 is 1. The number of anilines is 1. The molecule has 1 fully saturated rings. The molecule has 0 aromatic heterocycles. The lowest BCUT2D eigenvalue weighted by Gasteiger charge is -2.23. The SMILES string of the molecule is COc1cc([N+](=O)[O-])ccc1NC(=O)CC1NCCNC1=O. The molecule has 9 nitrogen and oxygen atoms in total. The minimum Gasteiger partial charge on any atom is -0.494 e. The Kier molecular flexibility index (Phi) is 4.89. The van der Waals surface area contributed by atoms with E-state index in [9.17, 15) is 19.7 Å². The minimum absolute atomic E-state index is 0.0357. The number of piperazine rings is 1. The molecule has 0 saturated carbocycles. The molecule has 0 spiro atoms. The first-order valence-corrected chi connectivity index (χ1v) is 6.64. The van der Waals surface area contributed by atoms with Crippen LogP contribution in [0.2, 0.25) is 0 Å². The first-order valence-electron chi connectivity index (χ1n) is 6.64. The molecular weight excluding hydrogens is 292 g/mol. The maximum atomic E-state index is 12.0. The van der Waals surface area contributed by atoms with Crippen LogP contribution in [0.1, 0.15) is 6.42 Å². The average Bonchev–Trinajstić information content (AvgIpc) is 2.49. The third-order valence-electron chi connectivity index (χ3n) is 3.19. The molecule has 3 N–H and O–H groups in total. The van der Waals surface area contributed by atoms with E-state index in [1.54, 1.807) is 0 Å². The Morgan fingerprint density at radius 2 is 2.27 bits per heavy atom. The maximum absolute atomic E-state index is 12.0. The van der Waals surface area contributed by atoms with E-state index in [-0.39, 0.29) is 29.7 Å². The lowest BCUT2D eigenvalue weighted by atomic mass is 10.1. The molecule has 22 heavy (non-hydrogen) atoms. The van der Waals surface area contributed by atoms with Crippen molar-refractivity contribution in [1.29, 1.82) is 0 Å². The number of carbonyl (C=O) groups excluding carboxylic acids is 2. The van der Waals surface area contributed by atoms with Crippen LogP contribution in [-0.4, -0.2) is 43.0 Å². The summed E-state index contributed by atoms with van der Waals surface area (Å²) in [5.41, 5.74) is 0.178. The Morgan fingerprint density at radius 3 is 2.91 bits per heavy atom. The van der Waals surface area contributed by atoms with Crippen molar-refractivity contribution in [1.82, 2.24) is 10.6 Å². The fourth-order valence-electron chi connectivity index (χ4n) is 2.10. The Labute approximate surface area is 126 Å². The van der Waals surface area contributed by atoms with Gasteiger partial charge in [-0.3, -0.25) is 19.7 Å². The predicted molar refractivity (Wildman–Crippen MR) is 77.7 cm³/mol. The highest BCUT2D eigenvalue weighted by Gasteiger charge is 2.24. The number of amides is 2. The molecule has 1 aromatic rings. The number of non-ortho nitro benzene ring substituents is 1. The van der Waals surface area contributed by atoms with Gasteiger partial charge in [-0.2, -0.15) is 0 Å². The normalized spacial score (nSPS) is 17.5. The highest BCUT2D eigenvalue weighted by molar-refractivity contribution is 5.96. The van der Waals surface area contributed by atoms with Gasteiger partial charge >= 0.3 is 0 Å². The van der Waals surface area contributed by atoms with Gasteiger partial charge in [-0.15, -0.1) is 0 Å². The van der Waals surface area contributed by atoms with Gasteiger partial charge in [0.25, 0.3) is 5.69 Å². The average molecular weight is 308 g/mol. The number of rotatable bonds is 5. The molecule has 1 aromatic carbocycles. The van der Waals surface area contributed by atoms with Gasteiger partial charge in [0.1, 0.15) is 5.75 Å². The van der Waals surface area contributed by atoms with Crippen LogP contribution in [0.15, 0.2) is 18.2 Å². The zero-order chi connectivity index (χ0) is 16.1. The predicted octanol–water partition coefficient (Wildman–Crippen LogP) is 0.0200. The van der Waals surface area contributed by atoms with Gasteiger partial charge in [0.05, 0.1) is 36.2 Å². The van der Waals surface area contributed by atoms with Gasteiger partial charge in [-0.05, 0) is 6.07 Å². The molecule has 2 amide bonds. The molecular formula is C13H16N4O5. The number of nitrogens with one attached hydrogen (secondary N) is 3. The zero-order valence-electron chi connectivity index (χ0n) is 11.9. The summed E-state index contributed by atoms with van der Waals surface area (Å²) >= 11 is 0. The molecule has 1 aliphatic heterocycles. The van der Waals surface area contributed by atoms with E-state index in [4.69, 9.17) is 4.74 Å². The Morgan fingerprint density at radius 1 is 1.50 bits per heavy atom. The van der Waals surface area contributed by atoms with Crippen LogP contribution < -0.4 is 20.7 Å². The quantitative estimate of drug-likeness (QED) is 0.520.